The topological polar surface area (TPSA) is 21.6 Å². The third kappa shape index (κ3) is 1.37. The number of hydrogen-bond acceptors (Lipinski definition) is 2. The lowest BCUT2D eigenvalue weighted by Gasteiger charge is -2.23. The molecule has 1 heterocycles. The van der Waals surface area contributed by atoms with Crippen LogP contribution in [-0.4, -0.2) is 11.8 Å². The number of benzene rings is 1. The zero-order valence-electron chi connectivity index (χ0n) is 9.47. The lowest BCUT2D eigenvalue weighted by Crippen LogP contribution is -2.29. The van der Waals surface area contributed by atoms with Crippen LogP contribution in [0.1, 0.15) is 24.8 Å². The van der Waals surface area contributed by atoms with Crippen molar-refractivity contribution in [1.82, 2.24) is 0 Å². The number of hydrogen-bond donors (Lipinski definition) is 0. The van der Waals surface area contributed by atoms with E-state index in [4.69, 9.17) is 16.4 Å². The van der Waals surface area contributed by atoms with E-state index in [0.29, 0.717) is 12.0 Å². The highest BCUT2D eigenvalue weighted by Gasteiger charge is 2.54. The Balaban J connectivity index is 1.69. The summed E-state index contributed by atoms with van der Waals surface area (Å²) in [5, 5.41) is 5.11. The fourth-order valence-electron chi connectivity index (χ4n) is 3.81. The maximum absolute atomic E-state index is 5.92. The van der Waals surface area contributed by atoms with Crippen molar-refractivity contribution in [2.45, 2.75) is 25.4 Å². The number of halogens is 1. The fraction of sp³-hybridized carbons (Fsp3) is 0.500. The van der Waals surface area contributed by atoms with Gasteiger partial charge in [0.15, 0.2) is 0 Å². The lowest BCUT2D eigenvalue weighted by molar-refractivity contribution is 0.0275. The summed E-state index contributed by atoms with van der Waals surface area (Å²) >= 11 is 5.92. The number of oxime groups is 1. The second kappa shape index (κ2) is 3.49. The Morgan fingerprint density at radius 1 is 1.12 bits per heavy atom. The lowest BCUT2D eigenvalue weighted by atomic mass is 9.81. The smallest absolute Gasteiger partial charge is 0.139 e. The Hall–Kier alpha value is -1.02. The molecule has 0 unspecified atom stereocenters. The molecule has 2 aliphatic carbocycles. The van der Waals surface area contributed by atoms with E-state index in [2.05, 4.69) is 17.3 Å². The van der Waals surface area contributed by atoms with E-state index in [-0.39, 0.29) is 0 Å². The highest BCUT2D eigenvalue weighted by molar-refractivity contribution is 6.30. The second-order valence-corrected chi connectivity index (χ2v) is 5.85. The van der Waals surface area contributed by atoms with Crippen molar-refractivity contribution in [3.63, 3.8) is 0 Å². The fourth-order valence-corrected chi connectivity index (χ4v) is 3.94. The van der Waals surface area contributed by atoms with Crippen molar-refractivity contribution >= 4 is 17.3 Å². The van der Waals surface area contributed by atoms with E-state index in [1.165, 1.54) is 24.8 Å². The monoisotopic (exact) mass is 247 g/mol. The minimum absolute atomic E-state index is 0.361. The molecule has 0 saturated heterocycles. The van der Waals surface area contributed by atoms with E-state index < -0.39 is 0 Å². The van der Waals surface area contributed by atoms with Gasteiger partial charge in [-0.2, -0.15) is 0 Å². The van der Waals surface area contributed by atoms with Gasteiger partial charge in [0, 0.05) is 10.9 Å². The molecule has 0 N–H and O–H groups in total. The molecule has 88 valence electrons. The zero-order chi connectivity index (χ0) is 11.4. The van der Waals surface area contributed by atoms with Gasteiger partial charge in [0.05, 0.1) is 5.71 Å². The summed E-state index contributed by atoms with van der Waals surface area (Å²) in [4.78, 5) is 5.66. The van der Waals surface area contributed by atoms with Gasteiger partial charge in [0.25, 0.3) is 0 Å². The summed E-state index contributed by atoms with van der Waals surface area (Å²) in [6.07, 6.45) is 4.37. The summed E-state index contributed by atoms with van der Waals surface area (Å²) in [6, 6.07) is 7.97. The minimum atomic E-state index is 0.361. The summed E-state index contributed by atoms with van der Waals surface area (Å²) in [7, 11) is 0. The quantitative estimate of drug-likeness (QED) is 0.745. The second-order valence-electron chi connectivity index (χ2n) is 5.41. The predicted molar refractivity (Wildman–Crippen MR) is 67.2 cm³/mol. The molecule has 17 heavy (non-hydrogen) atoms. The van der Waals surface area contributed by atoms with Crippen LogP contribution in [0.5, 0.6) is 0 Å². The molecular formula is C14H14ClNO. The Morgan fingerprint density at radius 2 is 1.88 bits per heavy atom. The van der Waals surface area contributed by atoms with Crippen LogP contribution in [0.3, 0.4) is 0 Å². The number of nitrogens with zero attached hydrogens (tertiary/aromatic N) is 1. The number of fused-ring (bicyclic) bond motifs is 5. The Kier molecular flexibility index (Phi) is 2.04. The van der Waals surface area contributed by atoms with E-state index in [1.807, 2.05) is 12.1 Å². The van der Waals surface area contributed by atoms with Crippen molar-refractivity contribution < 1.29 is 4.84 Å². The van der Waals surface area contributed by atoms with Crippen molar-refractivity contribution in [3.8, 4) is 0 Å². The first kappa shape index (κ1) is 9.95. The van der Waals surface area contributed by atoms with E-state index in [9.17, 15) is 0 Å². The van der Waals surface area contributed by atoms with Crippen molar-refractivity contribution in [2.75, 3.05) is 0 Å². The molecule has 2 nitrogen and oxygen atoms in total. The molecular weight excluding hydrogens is 234 g/mol. The van der Waals surface area contributed by atoms with Gasteiger partial charge in [-0.25, -0.2) is 0 Å². The minimum Gasteiger partial charge on any atom is -0.391 e. The van der Waals surface area contributed by atoms with Crippen LogP contribution in [0.2, 0.25) is 5.02 Å². The van der Waals surface area contributed by atoms with Crippen LogP contribution in [-0.2, 0) is 4.84 Å². The molecule has 1 aliphatic heterocycles. The van der Waals surface area contributed by atoms with Crippen LogP contribution in [0.15, 0.2) is 29.4 Å². The highest BCUT2D eigenvalue weighted by Crippen LogP contribution is 2.53. The summed E-state index contributed by atoms with van der Waals surface area (Å²) in [6.45, 7) is 0. The Labute approximate surface area is 106 Å². The summed E-state index contributed by atoms with van der Waals surface area (Å²) in [5.41, 5.74) is 2.33. The molecule has 2 saturated carbocycles. The van der Waals surface area contributed by atoms with Crippen molar-refractivity contribution in [2.24, 2.45) is 22.9 Å². The first-order valence-corrected chi connectivity index (χ1v) is 6.70. The van der Waals surface area contributed by atoms with Gasteiger partial charge in [-0.3, -0.25) is 0 Å². The predicted octanol–water partition coefficient (Wildman–Crippen LogP) is 3.49. The molecule has 4 atom stereocenters. The van der Waals surface area contributed by atoms with Crippen LogP contribution in [0, 0.1) is 17.8 Å². The molecule has 4 rings (SSSR count). The average Bonchev–Trinajstić information content (AvgIpc) is 3.02. The van der Waals surface area contributed by atoms with Crippen LogP contribution < -0.4 is 0 Å². The average molecular weight is 248 g/mol. The van der Waals surface area contributed by atoms with Crippen LogP contribution >= 0.6 is 11.6 Å². The molecule has 1 aromatic carbocycles. The summed E-state index contributed by atoms with van der Waals surface area (Å²) < 4.78 is 0. The van der Waals surface area contributed by atoms with Gasteiger partial charge in [-0.05, 0) is 48.8 Å². The van der Waals surface area contributed by atoms with E-state index >= 15 is 0 Å². The van der Waals surface area contributed by atoms with E-state index in [0.717, 1.165) is 22.6 Å². The molecule has 3 heteroatoms. The third-order valence-electron chi connectivity index (χ3n) is 4.57. The maximum atomic E-state index is 5.92. The first-order chi connectivity index (χ1) is 8.33. The van der Waals surface area contributed by atoms with Gasteiger partial charge in [-0.15, -0.1) is 0 Å². The molecule has 3 aliphatic rings. The van der Waals surface area contributed by atoms with Gasteiger partial charge in [0.1, 0.15) is 6.10 Å². The van der Waals surface area contributed by atoms with Crippen LogP contribution in [0.4, 0.5) is 0 Å². The molecule has 1 aromatic rings. The molecule has 0 aromatic heterocycles. The standard InChI is InChI=1S/C14H14ClNO/c15-11-5-3-8(4-6-11)13-12-9-1-2-10(7-9)14(12)17-16-13/h3-6,9-10,12,14H,1-2,7H2/t9-,10-,12-,14-/m1/s1. The zero-order valence-corrected chi connectivity index (χ0v) is 10.2. The summed E-state index contributed by atoms with van der Waals surface area (Å²) in [5.74, 6) is 2.08. The molecule has 0 amide bonds. The maximum Gasteiger partial charge on any atom is 0.139 e. The largest absolute Gasteiger partial charge is 0.391 e. The van der Waals surface area contributed by atoms with Gasteiger partial charge >= 0.3 is 0 Å². The Morgan fingerprint density at radius 3 is 2.71 bits per heavy atom. The number of rotatable bonds is 1. The van der Waals surface area contributed by atoms with Gasteiger partial charge in [-0.1, -0.05) is 28.9 Å². The van der Waals surface area contributed by atoms with E-state index in [1.54, 1.807) is 0 Å². The van der Waals surface area contributed by atoms with Crippen LogP contribution in [0.25, 0.3) is 0 Å². The normalized spacial score (nSPS) is 37.8. The third-order valence-corrected chi connectivity index (χ3v) is 4.82. The molecule has 0 radical (unpaired) electrons. The Bertz CT molecular complexity index is 482. The first-order valence-electron chi connectivity index (χ1n) is 6.32. The SMILES string of the molecule is Clc1ccc(C2=NO[C@@H]3[C@@H]4CC[C@H](C4)[C@H]23)cc1. The molecule has 0 spiro atoms. The van der Waals surface area contributed by atoms with Gasteiger partial charge < -0.3 is 4.84 Å². The highest BCUT2D eigenvalue weighted by atomic mass is 35.5. The van der Waals surface area contributed by atoms with Gasteiger partial charge in [0.2, 0.25) is 0 Å². The molecule has 2 bridgehead atoms. The van der Waals surface area contributed by atoms with Crippen molar-refractivity contribution in [3.05, 3.63) is 34.9 Å². The molecule has 2 fully saturated rings. The van der Waals surface area contributed by atoms with Crippen molar-refractivity contribution in [1.29, 1.82) is 0 Å².